The van der Waals surface area contributed by atoms with Gasteiger partial charge in [-0.15, -0.1) is 4.91 Å². The highest BCUT2D eigenvalue weighted by molar-refractivity contribution is 6.35. The Morgan fingerprint density at radius 1 is 1.38 bits per heavy atom. The van der Waals surface area contributed by atoms with Crippen LogP contribution >= 0.6 is 23.2 Å². The average molecular weight is 218 g/mol. The molecular formula is C5HCl2N5O. The first-order valence-corrected chi connectivity index (χ1v) is 3.87. The summed E-state index contributed by atoms with van der Waals surface area (Å²) in [6, 6.07) is 0. The number of hydrogen-bond acceptors (Lipinski definition) is 5. The van der Waals surface area contributed by atoms with Crippen LogP contribution in [0.25, 0.3) is 11.2 Å². The summed E-state index contributed by atoms with van der Waals surface area (Å²) in [5, 5.41) is 2.68. The molecule has 0 aliphatic carbocycles. The molecule has 0 aromatic carbocycles. The van der Waals surface area contributed by atoms with E-state index in [0.717, 1.165) is 4.68 Å². The lowest BCUT2D eigenvalue weighted by Gasteiger charge is -1.92. The third-order valence-corrected chi connectivity index (χ3v) is 1.83. The first kappa shape index (κ1) is 8.33. The number of aromatic nitrogens is 4. The van der Waals surface area contributed by atoms with Crippen LogP contribution in [0, 0.1) is 4.91 Å². The molecule has 2 heterocycles. The molecule has 0 bridgehead atoms. The summed E-state index contributed by atoms with van der Waals surface area (Å²) in [7, 11) is 0. The van der Waals surface area contributed by atoms with E-state index in [0.29, 0.717) is 5.52 Å². The molecule has 2 aromatic rings. The molecule has 0 spiro atoms. The molecule has 0 N–H and O–H groups in total. The average Bonchev–Trinajstić information content (AvgIpc) is 2.47. The zero-order chi connectivity index (χ0) is 9.42. The summed E-state index contributed by atoms with van der Waals surface area (Å²) in [6.07, 6.45) is 1.19. The zero-order valence-electron chi connectivity index (χ0n) is 5.98. The van der Waals surface area contributed by atoms with Gasteiger partial charge in [0.05, 0.1) is 5.29 Å². The van der Waals surface area contributed by atoms with Crippen molar-refractivity contribution < 1.29 is 0 Å². The van der Waals surface area contributed by atoms with Gasteiger partial charge in [0.2, 0.25) is 5.28 Å². The Bertz CT molecular complexity index is 481. The van der Waals surface area contributed by atoms with Crippen LogP contribution in [0.4, 0.5) is 0 Å². The Morgan fingerprint density at radius 3 is 2.85 bits per heavy atom. The van der Waals surface area contributed by atoms with Crippen LogP contribution in [0.15, 0.2) is 11.6 Å². The van der Waals surface area contributed by atoms with Crippen molar-refractivity contribution >= 4 is 34.4 Å². The van der Waals surface area contributed by atoms with Gasteiger partial charge in [-0.2, -0.15) is 9.66 Å². The summed E-state index contributed by atoms with van der Waals surface area (Å²) in [5.74, 6) is 0. The van der Waals surface area contributed by atoms with E-state index in [4.69, 9.17) is 23.2 Å². The first-order chi connectivity index (χ1) is 6.22. The van der Waals surface area contributed by atoms with Gasteiger partial charge in [0.1, 0.15) is 11.8 Å². The molecule has 0 radical (unpaired) electrons. The predicted octanol–water partition coefficient (Wildman–Crippen LogP) is 1.66. The fourth-order valence-electron chi connectivity index (χ4n) is 0.889. The molecule has 0 amide bonds. The lowest BCUT2D eigenvalue weighted by molar-refractivity contribution is 0.880. The Balaban J connectivity index is 2.89. The lowest BCUT2D eigenvalue weighted by atomic mass is 10.6. The number of fused-ring (bicyclic) bond motifs is 1. The molecule has 0 saturated heterocycles. The highest BCUT2D eigenvalue weighted by Crippen LogP contribution is 2.20. The van der Waals surface area contributed by atoms with Crippen molar-refractivity contribution in [1.82, 2.24) is 19.6 Å². The van der Waals surface area contributed by atoms with Crippen LogP contribution in [-0.2, 0) is 0 Å². The van der Waals surface area contributed by atoms with Gasteiger partial charge in [-0.05, 0) is 11.6 Å². The molecule has 6 nitrogen and oxygen atoms in total. The number of halogens is 2. The summed E-state index contributed by atoms with van der Waals surface area (Å²) in [6.45, 7) is 0. The molecule has 2 rings (SSSR count). The van der Waals surface area contributed by atoms with Crippen molar-refractivity contribution in [3.05, 3.63) is 21.7 Å². The van der Waals surface area contributed by atoms with Gasteiger partial charge in [0.15, 0.2) is 10.8 Å². The van der Waals surface area contributed by atoms with Crippen LogP contribution in [-0.4, -0.2) is 19.6 Å². The van der Waals surface area contributed by atoms with Crippen LogP contribution < -0.4 is 0 Å². The van der Waals surface area contributed by atoms with Gasteiger partial charge in [-0.25, -0.2) is 9.97 Å². The van der Waals surface area contributed by atoms with Gasteiger partial charge < -0.3 is 0 Å². The molecule has 0 aliphatic heterocycles. The Kier molecular flexibility index (Phi) is 1.86. The van der Waals surface area contributed by atoms with Gasteiger partial charge in [-0.3, -0.25) is 0 Å². The molecule has 0 unspecified atom stereocenters. The number of nitrogens with zero attached hydrogens (tertiary/aromatic N) is 5. The van der Waals surface area contributed by atoms with Crippen molar-refractivity contribution in [2.24, 2.45) is 5.29 Å². The van der Waals surface area contributed by atoms with Crippen LogP contribution in [0.2, 0.25) is 10.4 Å². The smallest absolute Gasteiger partial charge is 0.225 e. The van der Waals surface area contributed by atoms with E-state index < -0.39 is 0 Å². The quantitative estimate of drug-likeness (QED) is 0.414. The normalized spacial score (nSPS) is 10.6. The molecule has 66 valence electrons. The fourth-order valence-corrected chi connectivity index (χ4v) is 1.31. The summed E-state index contributed by atoms with van der Waals surface area (Å²) in [4.78, 5) is 21.4. The van der Waals surface area contributed by atoms with Gasteiger partial charge >= 0.3 is 0 Å². The Hall–Kier alpha value is -1.27. The highest BCUT2D eigenvalue weighted by Gasteiger charge is 2.10. The minimum absolute atomic E-state index is 0.0529. The maximum absolute atomic E-state index is 10.2. The third-order valence-electron chi connectivity index (χ3n) is 1.40. The minimum atomic E-state index is -0.0529. The summed E-state index contributed by atoms with van der Waals surface area (Å²) >= 11 is 11.2. The van der Waals surface area contributed by atoms with E-state index in [2.05, 4.69) is 20.2 Å². The monoisotopic (exact) mass is 217 g/mol. The van der Waals surface area contributed by atoms with E-state index in [1.54, 1.807) is 0 Å². The van der Waals surface area contributed by atoms with Crippen molar-refractivity contribution in [3.63, 3.8) is 0 Å². The van der Waals surface area contributed by atoms with Crippen LogP contribution in [0.3, 0.4) is 0 Å². The zero-order valence-corrected chi connectivity index (χ0v) is 7.49. The SMILES string of the molecule is O=Nn1cnc2c(Cl)nc(Cl)nc21. The lowest BCUT2D eigenvalue weighted by Crippen LogP contribution is -1.90. The summed E-state index contributed by atoms with van der Waals surface area (Å²) in [5.41, 5.74) is 0.491. The maximum atomic E-state index is 10.2. The molecule has 0 fully saturated rings. The second-order valence-electron chi connectivity index (χ2n) is 2.13. The second kappa shape index (κ2) is 2.90. The molecule has 0 aliphatic rings. The second-order valence-corrected chi connectivity index (χ2v) is 2.82. The molecule has 2 aromatic heterocycles. The Labute approximate surface area is 81.5 Å². The van der Waals surface area contributed by atoms with E-state index >= 15 is 0 Å². The predicted molar refractivity (Wildman–Crippen MR) is 46.5 cm³/mol. The maximum Gasteiger partial charge on any atom is 0.225 e. The number of imidazole rings is 1. The topological polar surface area (TPSA) is 73.0 Å². The minimum Gasteiger partial charge on any atom is -0.229 e. The van der Waals surface area contributed by atoms with E-state index in [1.807, 2.05) is 0 Å². The molecule has 0 saturated carbocycles. The van der Waals surface area contributed by atoms with Gasteiger partial charge in [0, 0.05) is 0 Å². The largest absolute Gasteiger partial charge is 0.229 e. The number of nitroso groups, excluding NO2 is 1. The number of rotatable bonds is 1. The van der Waals surface area contributed by atoms with E-state index in [-0.39, 0.29) is 16.1 Å². The summed E-state index contributed by atoms with van der Waals surface area (Å²) < 4.78 is 0.925. The van der Waals surface area contributed by atoms with E-state index in [9.17, 15) is 4.91 Å². The van der Waals surface area contributed by atoms with Crippen LogP contribution in [0.1, 0.15) is 0 Å². The standard InChI is InChI=1S/C5HCl2N5O/c6-3-2-4(10-5(7)9-3)12(11-13)1-8-2/h1H. The Morgan fingerprint density at radius 2 is 2.15 bits per heavy atom. The van der Waals surface area contributed by atoms with Crippen molar-refractivity contribution in [2.45, 2.75) is 0 Å². The van der Waals surface area contributed by atoms with Gasteiger partial charge in [0.25, 0.3) is 0 Å². The van der Waals surface area contributed by atoms with Crippen molar-refractivity contribution in [2.75, 3.05) is 0 Å². The molecule has 13 heavy (non-hydrogen) atoms. The van der Waals surface area contributed by atoms with E-state index in [1.165, 1.54) is 6.33 Å². The van der Waals surface area contributed by atoms with Crippen molar-refractivity contribution in [1.29, 1.82) is 0 Å². The van der Waals surface area contributed by atoms with Crippen LogP contribution in [0.5, 0.6) is 0 Å². The molecule has 0 atom stereocenters. The number of hydrogen-bond donors (Lipinski definition) is 0. The van der Waals surface area contributed by atoms with Crippen molar-refractivity contribution in [3.8, 4) is 0 Å². The molecular weight excluding hydrogens is 217 g/mol. The van der Waals surface area contributed by atoms with Gasteiger partial charge in [-0.1, -0.05) is 11.6 Å². The fraction of sp³-hybridized carbons (Fsp3) is 0. The third kappa shape index (κ3) is 1.24. The molecule has 8 heteroatoms. The highest BCUT2D eigenvalue weighted by atomic mass is 35.5. The first-order valence-electron chi connectivity index (χ1n) is 3.12.